The lowest BCUT2D eigenvalue weighted by atomic mass is 10.0. The van der Waals surface area contributed by atoms with E-state index in [0.717, 1.165) is 0 Å². The Hall–Kier alpha value is -1.48. The minimum absolute atomic E-state index is 0.292. The number of aliphatic hydroxyl groups is 2. The average molecular weight is 221 g/mol. The van der Waals surface area contributed by atoms with Crippen LogP contribution in [0.15, 0.2) is 12.3 Å². The summed E-state index contributed by atoms with van der Waals surface area (Å²) in [5, 5.41) is 30.9. The van der Waals surface area contributed by atoms with Gasteiger partial charge in [-0.05, 0) is 25.6 Å². The molecule has 0 fully saturated rings. The quantitative estimate of drug-likeness (QED) is 0.659. The van der Waals surface area contributed by atoms with Crippen LogP contribution in [0.3, 0.4) is 0 Å². The van der Waals surface area contributed by atoms with Crippen LogP contribution in [0.4, 0.5) is 0 Å². The predicted octanol–water partition coefficient (Wildman–Crippen LogP) is -0.125. The highest BCUT2D eigenvalue weighted by molar-refractivity contribution is 5.33. The maximum atomic E-state index is 9.80. The molecule has 0 aliphatic carbocycles. The van der Waals surface area contributed by atoms with Crippen molar-refractivity contribution < 1.29 is 10.2 Å². The first-order valence-corrected chi connectivity index (χ1v) is 4.97. The normalized spacial score (nSPS) is 14.2. The molecule has 0 aliphatic heterocycles. The number of hydrogen-bond acceptors (Lipinski definition) is 5. The summed E-state index contributed by atoms with van der Waals surface area (Å²) < 4.78 is 0. The molecule has 1 rings (SSSR count). The number of likely N-dealkylation sites (N-methyl/N-ethyl adjacent to an activating group) is 1. The van der Waals surface area contributed by atoms with Crippen molar-refractivity contribution >= 4 is 0 Å². The van der Waals surface area contributed by atoms with E-state index in [2.05, 4.69) is 10.3 Å². The van der Waals surface area contributed by atoms with Crippen LogP contribution in [0.25, 0.3) is 0 Å². The van der Waals surface area contributed by atoms with Gasteiger partial charge in [0.1, 0.15) is 17.9 Å². The summed E-state index contributed by atoms with van der Waals surface area (Å²) in [6.07, 6.45) is -0.472. The lowest BCUT2D eigenvalue weighted by molar-refractivity contribution is 0.0200. The number of aromatic nitrogens is 1. The van der Waals surface area contributed by atoms with E-state index in [-0.39, 0.29) is 0 Å². The minimum atomic E-state index is -0.994. The van der Waals surface area contributed by atoms with Gasteiger partial charge in [-0.15, -0.1) is 0 Å². The number of hydrogen-bond donors (Lipinski definition) is 3. The Morgan fingerprint density at radius 1 is 1.56 bits per heavy atom. The van der Waals surface area contributed by atoms with Crippen LogP contribution in [0, 0.1) is 18.3 Å². The fourth-order valence-corrected chi connectivity index (χ4v) is 1.42. The van der Waals surface area contributed by atoms with Crippen molar-refractivity contribution in [3.05, 3.63) is 29.1 Å². The maximum absolute atomic E-state index is 9.80. The van der Waals surface area contributed by atoms with Crippen molar-refractivity contribution in [2.75, 3.05) is 13.6 Å². The van der Waals surface area contributed by atoms with Crippen molar-refractivity contribution in [2.45, 2.75) is 19.1 Å². The Kier molecular flexibility index (Phi) is 4.38. The van der Waals surface area contributed by atoms with Crippen molar-refractivity contribution in [1.82, 2.24) is 10.3 Å². The molecule has 0 saturated heterocycles. The second kappa shape index (κ2) is 5.56. The summed E-state index contributed by atoms with van der Waals surface area (Å²) in [5.74, 6) is 0. The van der Waals surface area contributed by atoms with Gasteiger partial charge < -0.3 is 15.5 Å². The molecule has 2 unspecified atom stereocenters. The summed E-state index contributed by atoms with van der Waals surface area (Å²) in [6.45, 7) is 2.03. The molecule has 0 spiro atoms. The van der Waals surface area contributed by atoms with Crippen molar-refractivity contribution in [3.63, 3.8) is 0 Å². The lowest BCUT2D eigenvalue weighted by Crippen LogP contribution is -2.29. The molecule has 0 aromatic carbocycles. The predicted molar refractivity (Wildman–Crippen MR) is 58.6 cm³/mol. The molecular formula is C11H15N3O2. The molecule has 1 aromatic heterocycles. The Labute approximate surface area is 94.4 Å². The van der Waals surface area contributed by atoms with Gasteiger partial charge in [0.25, 0.3) is 0 Å². The Morgan fingerprint density at radius 3 is 2.75 bits per heavy atom. The molecular weight excluding hydrogens is 206 g/mol. The number of nitrogens with one attached hydrogen (secondary N) is 1. The number of aryl methyl sites for hydroxylation is 1. The molecule has 5 heteroatoms. The largest absolute Gasteiger partial charge is 0.389 e. The van der Waals surface area contributed by atoms with Crippen molar-refractivity contribution in [3.8, 4) is 6.07 Å². The first kappa shape index (κ1) is 12.6. The Morgan fingerprint density at radius 2 is 2.25 bits per heavy atom. The van der Waals surface area contributed by atoms with E-state index in [1.165, 1.54) is 6.20 Å². The molecule has 16 heavy (non-hydrogen) atoms. The summed E-state index contributed by atoms with van der Waals surface area (Å²) in [5.41, 5.74) is 1.54. The van der Waals surface area contributed by atoms with Crippen LogP contribution >= 0.6 is 0 Å². The third-order valence-corrected chi connectivity index (χ3v) is 2.32. The summed E-state index contributed by atoms with van der Waals surface area (Å²) in [4.78, 5) is 3.91. The fourth-order valence-electron chi connectivity index (χ4n) is 1.42. The highest BCUT2D eigenvalue weighted by Crippen LogP contribution is 2.18. The van der Waals surface area contributed by atoms with Crippen LogP contribution in [0.2, 0.25) is 0 Å². The Balaban J connectivity index is 2.89. The lowest BCUT2D eigenvalue weighted by Gasteiger charge is -2.17. The summed E-state index contributed by atoms with van der Waals surface area (Å²) in [6, 6.07) is 3.61. The zero-order chi connectivity index (χ0) is 12.1. The minimum Gasteiger partial charge on any atom is -0.389 e. The SMILES string of the molecule is CNCC(O)C(O)c1cnc(C#N)c(C)c1. The van der Waals surface area contributed by atoms with E-state index in [0.29, 0.717) is 23.4 Å². The van der Waals surface area contributed by atoms with E-state index in [9.17, 15) is 10.2 Å². The second-order valence-corrected chi connectivity index (χ2v) is 3.62. The van der Waals surface area contributed by atoms with Crippen LogP contribution in [-0.2, 0) is 0 Å². The van der Waals surface area contributed by atoms with Gasteiger partial charge in [0.15, 0.2) is 0 Å². The van der Waals surface area contributed by atoms with Gasteiger partial charge >= 0.3 is 0 Å². The standard InChI is InChI=1S/C11H15N3O2/c1-7-3-8(5-14-9(7)4-12)11(16)10(15)6-13-2/h3,5,10-11,13,15-16H,6H2,1-2H3. The molecule has 1 aromatic rings. The third-order valence-electron chi connectivity index (χ3n) is 2.32. The third kappa shape index (κ3) is 2.76. The maximum Gasteiger partial charge on any atom is 0.143 e. The van der Waals surface area contributed by atoms with E-state index < -0.39 is 12.2 Å². The molecule has 0 bridgehead atoms. The van der Waals surface area contributed by atoms with E-state index in [4.69, 9.17) is 5.26 Å². The van der Waals surface area contributed by atoms with Gasteiger partial charge in [-0.3, -0.25) is 0 Å². The number of nitrogens with zero attached hydrogens (tertiary/aromatic N) is 2. The zero-order valence-corrected chi connectivity index (χ0v) is 9.31. The van der Waals surface area contributed by atoms with Crippen LogP contribution < -0.4 is 5.32 Å². The molecule has 5 nitrogen and oxygen atoms in total. The van der Waals surface area contributed by atoms with Crippen LogP contribution in [0.1, 0.15) is 22.9 Å². The highest BCUT2D eigenvalue weighted by atomic mass is 16.3. The number of nitriles is 1. The van der Waals surface area contributed by atoms with Crippen LogP contribution in [0.5, 0.6) is 0 Å². The van der Waals surface area contributed by atoms with Gasteiger partial charge in [-0.1, -0.05) is 0 Å². The van der Waals surface area contributed by atoms with E-state index >= 15 is 0 Å². The number of rotatable bonds is 4. The first-order valence-electron chi connectivity index (χ1n) is 4.97. The van der Waals surface area contributed by atoms with E-state index in [1.54, 1.807) is 20.0 Å². The topological polar surface area (TPSA) is 89.2 Å². The van der Waals surface area contributed by atoms with Gasteiger partial charge in [-0.25, -0.2) is 4.98 Å². The highest BCUT2D eigenvalue weighted by Gasteiger charge is 2.18. The zero-order valence-electron chi connectivity index (χ0n) is 9.31. The molecule has 0 radical (unpaired) electrons. The first-order chi connectivity index (χ1) is 7.60. The molecule has 0 saturated carbocycles. The van der Waals surface area contributed by atoms with Gasteiger partial charge in [-0.2, -0.15) is 5.26 Å². The van der Waals surface area contributed by atoms with Crippen LogP contribution in [-0.4, -0.2) is 34.9 Å². The fraction of sp³-hybridized carbons (Fsp3) is 0.455. The summed E-state index contributed by atoms with van der Waals surface area (Å²) >= 11 is 0. The number of pyridine rings is 1. The molecule has 86 valence electrons. The Bertz CT molecular complexity index is 401. The van der Waals surface area contributed by atoms with Crippen molar-refractivity contribution in [2.24, 2.45) is 0 Å². The van der Waals surface area contributed by atoms with E-state index in [1.807, 2.05) is 6.07 Å². The molecule has 3 N–H and O–H groups in total. The molecule has 2 atom stereocenters. The van der Waals surface area contributed by atoms with Gasteiger partial charge in [0.05, 0.1) is 6.10 Å². The smallest absolute Gasteiger partial charge is 0.143 e. The number of aliphatic hydroxyl groups excluding tert-OH is 2. The monoisotopic (exact) mass is 221 g/mol. The summed E-state index contributed by atoms with van der Waals surface area (Å²) in [7, 11) is 1.69. The second-order valence-electron chi connectivity index (χ2n) is 3.62. The van der Waals surface area contributed by atoms with Gasteiger partial charge in [0.2, 0.25) is 0 Å². The molecule has 1 heterocycles. The van der Waals surface area contributed by atoms with Crippen molar-refractivity contribution in [1.29, 1.82) is 5.26 Å². The molecule has 0 aliphatic rings. The van der Waals surface area contributed by atoms with Gasteiger partial charge in [0, 0.05) is 18.3 Å². The average Bonchev–Trinajstić information content (AvgIpc) is 2.28. The molecule has 0 amide bonds.